The molecule has 0 radical (unpaired) electrons. The van der Waals surface area contributed by atoms with Crippen LogP contribution in [-0.4, -0.2) is 37.8 Å². The van der Waals surface area contributed by atoms with Gasteiger partial charge in [-0.05, 0) is 41.3 Å². The summed E-state index contributed by atoms with van der Waals surface area (Å²) in [6.45, 7) is -0.407. The third-order valence-corrected chi connectivity index (χ3v) is 5.65. The number of carboxylic acid groups (broad SMARTS) is 1. The largest absolute Gasteiger partial charge is 0.482 e. The van der Waals surface area contributed by atoms with Crippen LogP contribution < -0.4 is 10.1 Å². The van der Waals surface area contributed by atoms with Crippen molar-refractivity contribution in [1.29, 1.82) is 0 Å². The molecular formula is C23H17N5O3S. The van der Waals surface area contributed by atoms with E-state index in [1.807, 2.05) is 48.0 Å². The monoisotopic (exact) mass is 443 g/mol. The molecule has 0 saturated heterocycles. The maximum Gasteiger partial charge on any atom is 0.341 e. The van der Waals surface area contributed by atoms with Gasteiger partial charge in [0.25, 0.3) is 0 Å². The Bertz CT molecular complexity index is 1380. The number of fused-ring (bicyclic) bond motifs is 1. The SMILES string of the molecule is O=C(O)COc1cccc(-c2nc(Nc3ccc(-c4cn[nH]c4)cc3)c3sccc3n2)c1. The zero-order valence-corrected chi connectivity index (χ0v) is 17.5. The number of aliphatic carboxylic acids is 1. The van der Waals surface area contributed by atoms with Gasteiger partial charge in [0.15, 0.2) is 18.2 Å². The van der Waals surface area contributed by atoms with Crippen molar-refractivity contribution in [2.45, 2.75) is 0 Å². The first-order valence-corrected chi connectivity index (χ1v) is 10.6. The number of nitrogens with zero attached hydrogens (tertiary/aromatic N) is 3. The number of thiophene rings is 1. The van der Waals surface area contributed by atoms with E-state index < -0.39 is 12.6 Å². The van der Waals surface area contributed by atoms with Gasteiger partial charge in [0.05, 0.1) is 16.4 Å². The van der Waals surface area contributed by atoms with Crippen molar-refractivity contribution in [2.75, 3.05) is 11.9 Å². The molecule has 2 aromatic carbocycles. The molecule has 9 heteroatoms. The Kier molecular flexibility index (Phi) is 5.22. The van der Waals surface area contributed by atoms with Crippen LogP contribution in [0.25, 0.3) is 32.7 Å². The van der Waals surface area contributed by atoms with Crippen molar-refractivity contribution in [3.05, 3.63) is 72.4 Å². The van der Waals surface area contributed by atoms with E-state index in [4.69, 9.17) is 14.8 Å². The summed E-state index contributed by atoms with van der Waals surface area (Å²) in [6.07, 6.45) is 3.63. The van der Waals surface area contributed by atoms with E-state index >= 15 is 0 Å². The van der Waals surface area contributed by atoms with E-state index in [-0.39, 0.29) is 0 Å². The Hall–Kier alpha value is -4.24. The minimum atomic E-state index is -1.03. The van der Waals surface area contributed by atoms with Crippen LogP contribution in [0.3, 0.4) is 0 Å². The molecule has 0 saturated carbocycles. The number of hydrogen-bond acceptors (Lipinski definition) is 7. The van der Waals surface area contributed by atoms with Crippen LogP contribution in [0.1, 0.15) is 0 Å². The van der Waals surface area contributed by atoms with E-state index in [2.05, 4.69) is 20.5 Å². The first-order chi connectivity index (χ1) is 15.7. The maximum absolute atomic E-state index is 10.8. The third-order valence-electron chi connectivity index (χ3n) is 4.74. The van der Waals surface area contributed by atoms with Crippen LogP contribution in [0.15, 0.2) is 72.4 Å². The van der Waals surface area contributed by atoms with Crippen LogP contribution in [0.4, 0.5) is 11.5 Å². The smallest absolute Gasteiger partial charge is 0.341 e. The molecule has 0 aliphatic heterocycles. The second-order valence-corrected chi connectivity index (χ2v) is 7.85. The van der Waals surface area contributed by atoms with Crippen molar-refractivity contribution in [3.63, 3.8) is 0 Å². The maximum atomic E-state index is 10.8. The van der Waals surface area contributed by atoms with Gasteiger partial charge in [-0.3, -0.25) is 5.10 Å². The summed E-state index contributed by atoms with van der Waals surface area (Å²) in [7, 11) is 0. The number of rotatable bonds is 7. The number of ether oxygens (including phenoxy) is 1. The first-order valence-electron chi connectivity index (χ1n) is 9.72. The van der Waals surface area contributed by atoms with Crippen LogP contribution >= 0.6 is 11.3 Å². The molecule has 3 heterocycles. The van der Waals surface area contributed by atoms with E-state index in [1.165, 1.54) is 0 Å². The lowest BCUT2D eigenvalue weighted by molar-refractivity contribution is -0.139. The number of anilines is 2. The number of hydrogen-bond donors (Lipinski definition) is 3. The third kappa shape index (κ3) is 4.14. The van der Waals surface area contributed by atoms with Gasteiger partial charge in [-0.1, -0.05) is 24.3 Å². The van der Waals surface area contributed by atoms with E-state index in [0.29, 0.717) is 17.4 Å². The standard InChI is InChI=1S/C23H17N5O3S/c29-20(30)13-31-18-3-1-2-15(10-18)22-27-19-8-9-32-21(19)23(28-22)26-17-6-4-14(5-7-17)16-11-24-25-12-16/h1-12H,13H2,(H,24,25)(H,29,30)(H,26,27,28). The predicted octanol–water partition coefficient (Wildman–Crippen LogP) is 4.96. The van der Waals surface area contributed by atoms with Crippen molar-refractivity contribution >= 4 is 39.0 Å². The number of aromatic nitrogens is 4. The van der Waals surface area contributed by atoms with Crippen molar-refractivity contribution in [1.82, 2.24) is 20.2 Å². The molecule has 158 valence electrons. The molecule has 0 unspecified atom stereocenters. The van der Waals surface area contributed by atoms with Crippen LogP contribution in [0.5, 0.6) is 5.75 Å². The molecule has 3 N–H and O–H groups in total. The lowest BCUT2D eigenvalue weighted by Gasteiger charge is -2.10. The molecule has 8 nitrogen and oxygen atoms in total. The summed E-state index contributed by atoms with van der Waals surface area (Å²) in [4.78, 5) is 20.2. The van der Waals surface area contributed by atoms with Gasteiger partial charge in [0, 0.05) is 23.0 Å². The fraction of sp³-hybridized carbons (Fsp3) is 0.0435. The summed E-state index contributed by atoms with van der Waals surface area (Å²) in [5.41, 5.74) is 4.54. The van der Waals surface area contributed by atoms with E-state index in [9.17, 15) is 4.79 Å². The average Bonchev–Trinajstić information content (AvgIpc) is 3.51. The Morgan fingerprint density at radius 2 is 1.94 bits per heavy atom. The highest BCUT2D eigenvalue weighted by Gasteiger charge is 2.12. The highest BCUT2D eigenvalue weighted by atomic mass is 32.1. The average molecular weight is 443 g/mol. The molecule has 5 aromatic rings. The number of carbonyl (C=O) groups is 1. The molecule has 5 rings (SSSR count). The number of carboxylic acids is 1. The van der Waals surface area contributed by atoms with Gasteiger partial charge in [0.2, 0.25) is 0 Å². The Balaban J connectivity index is 1.46. The molecule has 0 aliphatic rings. The summed E-state index contributed by atoms with van der Waals surface area (Å²) < 4.78 is 6.24. The molecule has 32 heavy (non-hydrogen) atoms. The van der Waals surface area contributed by atoms with Gasteiger partial charge in [0.1, 0.15) is 5.75 Å². The summed E-state index contributed by atoms with van der Waals surface area (Å²) in [6, 6.07) is 17.1. The second-order valence-electron chi connectivity index (χ2n) is 6.93. The molecule has 0 atom stereocenters. The minimum absolute atomic E-state index is 0.407. The van der Waals surface area contributed by atoms with Gasteiger partial charge in [-0.25, -0.2) is 14.8 Å². The van der Waals surface area contributed by atoms with Gasteiger partial charge in [-0.15, -0.1) is 11.3 Å². The molecule has 0 amide bonds. The number of H-pyrrole nitrogens is 1. The topological polar surface area (TPSA) is 113 Å². The lowest BCUT2D eigenvalue weighted by atomic mass is 10.1. The predicted molar refractivity (Wildman–Crippen MR) is 123 cm³/mol. The summed E-state index contributed by atoms with van der Waals surface area (Å²) >= 11 is 1.56. The molecular weight excluding hydrogens is 426 g/mol. The highest BCUT2D eigenvalue weighted by Crippen LogP contribution is 2.32. The minimum Gasteiger partial charge on any atom is -0.482 e. The van der Waals surface area contributed by atoms with Crippen molar-refractivity contribution < 1.29 is 14.6 Å². The Morgan fingerprint density at radius 1 is 1.06 bits per heavy atom. The molecule has 0 aliphatic carbocycles. The van der Waals surface area contributed by atoms with E-state index in [1.54, 1.807) is 35.7 Å². The summed E-state index contributed by atoms with van der Waals surface area (Å²) in [5, 5.41) is 21.0. The fourth-order valence-corrected chi connectivity index (χ4v) is 4.01. The first kappa shape index (κ1) is 19.7. The second kappa shape index (κ2) is 8.48. The van der Waals surface area contributed by atoms with Gasteiger partial charge < -0.3 is 15.2 Å². The van der Waals surface area contributed by atoms with E-state index in [0.717, 1.165) is 32.6 Å². The van der Waals surface area contributed by atoms with Crippen LogP contribution in [0.2, 0.25) is 0 Å². The fourth-order valence-electron chi connectivity index (χ4n) is 3.24. The van der Waals surface area contributed by atoms with Crippen molar-refractivity contribution in [2.24, 2.45) is 0 Å². The van der Waals surface area contributed by atoms with Gasteiger partial charge >= 0.3 is 5.97 Å². The normalized spacial score (nSPS) is 10.9. The van der Waals surface area contributed by atoms with Crippen LogP contribution in [0, 0.1) is 0 Å². The van der Waals surface area contributed by atoms with Crippen molar-refractivity contribution in [3.8, 4) is 28.3 Å². The van der Waals surface area contributed by atoms with Crippen LogP contribution in [-0.2, 0) is 4.79 Å². The zero-order valence-electron chi connectivity index (χ0n) is 16.6. The molecule has 3 aromatic heterocycles. The molecule has 0 bridgehead atoms. The number of nitrogens with one attached hydrogen (secondary N) is 2. The number of aromatic amines is 1. The number of benzene rings is 2. The quantitative estimate of drug-likeness (QED) is 0.326. The molecule has 0 fully saturated rings. The highest BCUT2D eigenvalue weighted by molar-refractivity contribution is 7.17. The zero-order chi connectivity index (χ0) is 21.9. The lowest BCUT2D eigenvalue weighted by Crippen LogP contribution is -2.09. The Morgan fingerprint density at radius 3 is 2.72 bits per heavy atom. The summed E-state index contributed by atoms with van der Waals surface area (Å²) in [5.74, 6) is 0.641. The Labute approximate surface area is 186 Å². The van der Waals surface area contributed by atoms with Gasteiger partial charge in [-0.2, -0.15) is 5.10 Å². The molecule has 0 spiro atoms.